The first-order valence-corrected chi connectivity index (χ1v) is 7.82. The van der Waals surface area contributed by atoms with Crippen LogP contribution < -0.4 is 0 Å². The maximum Gasteiger partial charge on any atom is 0.0707 e. The van der Waals surface area contributed by atoms with E-state index in [4.69, 9.17) is 4.74 Å². The molecule has 2 atom stereocenters. The molecule has 0 aromatic carbocycles. The van der Waals surface area contributed by atoms with Crippen molar-refractivity contribution in [1.82, 2.24) is 0 Å². The summed E-state index contributed by atoms with van der Waals surface area (Å²) in [6.07, 6.45) is 4.24. The Balaban J connectivity index is 4.79. The van der Waals surface area contributed by atoms with E-state index in [1.165, 1.54) is 6.42 Å². The van der Waals surface area contributed by atoms with E-state index in [0.29, 0.717) is 5.41 Å². The molecule has 0 spiro atoms. The van der Waals surface area contributed by atoms with E-state index in [1.807, 2.05) is 0 Å². The minimum atomic E-state index is -0.182. The first kappa shape index (κ1) is 18.9. The van der Waals surface area contributed by atoms with Crippen molar-refractivity contribution in [1.29, 1.82) is 0 Å². The Bertz CT molecular complexity index is 258. The molecule has 0 saturated heterocycles. The highest BCUT2D eigenvalue weighted by atomic mass is 16.5. The van der Waals surface area contributed by atoms with Crippen LogP contribution in [0.5, 0.6) is 0 Å². The topological polar surface area (TPSA) is 29.5 Å². The smallest absolute Gasteiger partial charge is 0.0707 e. The minimum absolute atomic E-state index is 0.0128. The van der Waals surface area contributed by atoms with Crippen molar-refractivity contribution in [2.45, 2.75) is 92.8 Å². The van der Waals surface area contributed by atoms with E-state index in [2.05, 4.69) is 55.4 Å². The first-order chi connectivity index (χ1) is 8.53. The molecule has 0 aromatic heterocycles. The molecule has 116 valence electrons. The zero-order valence-electron chi connectivity index (χ0n) is 14.5. The molecule has 0 heterocycles. The molecule has 1 N–H and O–H groups in total. The Kier molecular flexibility index (Phi) is 7.05. The Labute approximate surface area is 120 Å². The van der Waals surface area contributed by atoms with Gasteiger partial charge in [0.25, 0.3) is 0 Å². The average Bonchev–Trinajstić information content (AvgIpc) is 2.27. The number of ether oxygens (including phenoxy) is 1. The SMILES string of the molecule is CCC(C)(C)CC(C)OC(C)(CC)C(C)(C)CCO. The normalized spacial score (nSPS) is 18.2. The summed E-state index contributed by atoms with van der Waals surface area (Å²) in [6, 6.07) is 0. The summed E-state index contributed by atoms with van der Waals surface area (Å²) >= 11 is 0. The van der Waals surface area contributed by atoms with Gasteiger partial charge in [0.15, 0.2) is 0 Å². The van der Waals surface area contributed by atoms with E-state index in [1.54, 1.807) is 0 Å². The summed E-state index contributed by atoms with van der Waals surface area (Å²) in [5.74, 6) is 0. The quantitative estimate of drug-likeness (QED) is 0.653. The number of hydrogen-bond donors (Lipinski definition) is 1. The third-order valence-corrected chi connectivity index (χ3v) is 5.10. The third-order valence-electron chi connectivity index (χ3n) is 5.10. The van der Waals surface area contributed by atoms with Crippen molar-refractivity contribution in [3.63, 3.8) is 0 Å². The monoisotopic (exact) mass is 272 g/mol. The van der Waals surface area contributed by atoms with Gasteiger partial charge in [0, 0.05) is 6.61 Å². The lowest BCUT2D eigenvalue weighted by Crippen LogP contribution is -2.47. The van der Waals surface area contributed by atoms with Crippen LogP contribution in [0.2, 0.25) is 0 Å². The fourth-order valence-corrected chi connectivity index (χ4v) is 2.67. The van der Waals surface area contributed by atoms with Crippen LogP contribution in [-0.2, 0) is 4.74 Å². The molecule has 0 aliphatic rings. The van der Waals surface area contributed by atoms with Crippen molar-refractivity contribution in [2.24, 2.45) is 10.8 Å². The summed E-state index contributed by atoms with van der Waals surface area (Å²) in [6.45, 7) is 18.0. The van der Waals surface area contributed by atoms with Gasteiger partial charge < -0.3 is 9.84 Å². The predicted molar refractivity (Wildman–Crippen MR) is 83.4 cm³/mol. The second-order valence-corrected chi connectivity index (χ2v) is 7.59. The third kappa shape index (κ3) is 5.43. The number of rotatable bonds is 9. The van der Waals surface area contributed by atoms with Crippen LogP contribution in [0.25, 0.3) is 0 Å². The van der Waals surface area contributed by atoms with Gasteiger partial charge in [-0.3, -0.25) is 0 Å². The molecule has 0 aliphatic heterocycles. The highest BCUT2D eigenvalue weighted by molar-refractivity contribution is 4.91. The zero-order valence-corrected chi connectivity index (χ0v) is 14.5. The summed E-state index contributed by atoms with van der Waals surface area (Å²) in [7, 11) is 0. The predicted octanol–water partition coefficient (Wildman–Crippen LogP) is 4.80. The second-order valence-electron chi connectivity index (χ2n) is 7.59. The number of aliphatic hydroxyl groups excluding tert-OH is 1. The Morgan fingerprint density at radius 1 is 1.00 bits per heavy atom. The lowest BCUT2D eigenvalue weighted by Gasteiger charge is -2.46. The molecule has 2 unspecified atom stereocenters. The van der Waals surface area contributed by atoms with Crippen LogP contribution in [0.4, 0.5) is 0 Å². The van der Waals surface area contributed by atoms with Gasteiger partial charge in [-0.05, 0) is 43.9 Å². The molecule has 0 amide bonds. The molecule has 0 saturated carbocycles. The van der Waals surface area contributed by atoms with Crippen molar-refractivity contribution >= 4 is 0 Å². The van der Waals surface area contributed by atoms with E-state index in [0.717, 1.165) is 19.3 Å². The Hall–Kier alpha value is -0.0800. The molecule has 0 aromatic rings. The van der Waals surface area contributed by atoms with Crippen LogP contribution >= 0.6 is 0 Å². The van der Waals surface area contributed by atoms with Crippen LogP contribution in [-0.4, -0.2) is 23.4 Å². The molecule has 0 radical (unpaired) electrons. The second kappa shape index (κ2) is 7.08. The average molecular weight is 272 g/mol. The van der Waals surface area contributed by atoms with E-state index < -0.39 is 0 Å². The largest absolute Gasteiger partial charge is 0.396 e. The molecule has 0 fully saturated rings. The molecule has 19 heavy (non-hydrogen) atoms. The summed E-state index contributed by atoms with van der Waals surface area (Å²) in [5, 5.41) is 9.26. The number of aliphatic hydroxyl groups is 1. The maximum absolute atomic E-state index is 9.26. The zero-order chi connectivity index (χ0) is 15.3. The molecule has 0 aliphatic carbocycles. The van der Waals surface area contributed by atoms with Crippen molar-refractivity contribution in [2.75, 3.05) is 6.61 Å². The highest BCUT2D eigenvalue weighted by Gasteiger charge is 2.41. The summed E-state index contributed by atoms with van der Waals surface area (Å²) < 4.78 is 6.43. The highest BCUT2D eigenvalue weighted by Crippen LogP contribution is 2.41. The lowest BCUT2D eigenvalue weighted by atomic mass is 9.72. The molecule has 0 bridgehead atoms. The lowest BCUT2D eigenvalue weighted by molar-refractivity contribution is -0.157. The van der Waals surface area contributed by atoms with Gasteiger partial charge >= 0.3 is 0 Å². The Morgan fingerprint density at radius 3 is 1.89 bits per heavy atom. The van der Waals surface area contributed by atoms with Crippen LogP contribution in [0.15, 0.2) is 0 Å². The fourth-order valence-electron chi connectivity index (χ4n) is 2.67. The summed E-state index contributed by atoms with van der Waals surface area (Å²) in [5.41, 5.74) is 0.134. The Morgan fingerprint density at radius 2 is 1.53 bits per heavy atom. The number of hydrogen-bond acceptors (Lipinski definition) is 2. The van der Waals surface area contributed by atoms with E-state index in [-0.39, 0.29) is 23.7 Å². The molecular weight excluding hydrogens is 236 g/mol. The minimum Gasteiger partial charge on any atom is -0.396 e. The van der Waals surface area contributed by atoms with Crippen LogP contribution in [0, 0.1) is 10.8 Å². The van der Waals surface area contributed by atoms with Gasteiger partial charge in [-0.2, -0.15) is 0 Å². The fraction of sp³-hybridized carbons (Fsp3) is 1.00. The van der Waals surface area contributed by atoms with Crippen LogP contribution in [0.3, 0.4) is 0 Å². The van der Waals surface area contributed by atoms with E-state index in [9.17, 15) is 5.11 Å². The van der Waals surface area contributed by atoms with Gasteiger partial charge in [0.2, 0.25) is 0 Å². The van der Waals surface area contributed by atoms with Crippen molar-refractivity contribution < 1.29 is 9.84 Å². The van der Waals surface area contributed by atoms with E-state index >= 15 is 0 Å². The maximum atomic E-state index is 9.26. The van der Waals surface area contributed by atoms with Gasteiger partial charge in [-0.15, -0.1) is 0 Å². The van der Waals surface area contributed by atoms with Crippen molar-refractivity contribution in [3.8, 4) is 0 Å². The van der Waals surface area contributed by atoms with Gasteiger partial charge in [0.05, 0.1) is 11.7 Å². The molecule has 2 heteroatoms. The van der Waals surface area contributed by atoms with Crippen molar-refractivity contribution in [3.05, 3.63) is 0 Å². The molecule has 2 nitrogen and oxygen atoms in total. The first-order valence-electron chi connectivity index (χ1n) is 7.82. The molecule has 0 rings (SSSR count). The standard InChI is InChI=1S/C17H36O2/c1-9-15(4,5)13-14(3)19-17(8,10-2)16(6,7)11-12-18/h14,18H,9-13H2,1-8H3. The summed E-state index contributed by atoms with van der Waals surface area (Å²) in [4.78, 5) is 0. The molecular formula is C17H36O2. The van der Waals surface area contributed by atoms with Gasteiger partial charge in [0.1, 0.15) is 0 Å². The van der Waals surface area contributed by atoms with Gasteiger partial charge in [-0.1, -0.05) is 48.0 Å². The van der Waals surface area contributed by atoms with Gasteiger partial charge in [-0.25, -0.2) is 0 Å². The van der Waals surface area contributed by atoms with Crippen LogP contribution in [0.1, 0.15) is 81.1 Å².